The van der Waals surface area contributed by atoms with E-state index in [1.165, 1.54) is 0 Å². The second-order valence-corrected chi connectivity index (χ2v) is 10.4. The first-order chi connectivity index (χ1) is 16.8. The average molecular weight is 495 g/mol. The molecule has 4 rings (SSSR count). The Balaban J connectivity index is 1.53. The highest BCUT2D eigenvalue weighted by Gasteiger charge is 2.32. The number of aliphatic hydroxyl groups excluding tert-OH is 1. The van der Waals surface area contributed by atoms with Crippen LogP contribution >= 0.6 is 0 Å². The lowest BCUT2D eigenvalue weighted by Gasteiger charge is -2.31. The Morgan fingerprint density at radius 3 is 2.54 bits per heavy atom. The number of hydrogen-bond acceptors (Lipinski definition) is 5. The molecule has 3 aromatic carbocycles. The van der Waals surface area contributed by atoms with Gasteiger partial charge in [-0.3, -0.25) is 4.79 Å². The van der Waals surface area contributed by atoms with Crippen molar-refractivity contribution < 1.29 is 23.1 Å². The Morgan fingerprint density at radius 1 is 1.06 bits per heavy atom. The second-order valence-electron chi connectivity index (χ2n) is 8.69. The fourth-order valence-electron chi connectivity index (χ4n) is 4.32. The number of fused-ring (bicyclic) bond motifs is 1. The fourth-order valence-corrected chi connectivity index (χ4v) is 5.57. The number of methoxy groups -OCH3 is 1. The van der Waals surface area contributed by atoms with Gasteiger partial charge in [0.1, 0.15) is 5.75 Å². The first-order valence-corrected chi connectivity index (χ1v) is 13.1. The molecule has 0 bridgehead atoms. The van der Waals surface area contributed by atoms with Crippen LogP contribution in [0.2, 0.25) is 0 Å². The largest absolute Gasteiger partial charge is 0.497 e. The molecule has 0 fully saturated rings. The number of hydrogen-bond donors (Lipinski definition) is 3. The monoisotopic (exact) mass is 494 g/mol. The lowest BCUT2D eigenvalue weighted by molar-refractivity contribution is -0.115. The van der Waals surface area contributed by atoms with E-state index in [-0.39, 0.29) is 17.2 Å². The zero-order valence-electron chi connectivity index (χ0n) is 19.8. The van der Waals surface area contributed by atoms with Crippen LogP contribution in [-0.2, 0) is 34.1 Å². The minimum absolute atomic E-state index is 0.150. The van der Waals surface area contributed by atoms with E-state index in [0.717, 1.165) is 23.1 Å². The molecule has 8 heteroatoms. The number of aliphatic hydroxyl groups is 1. The maximum Gasteiger partial charge on any atom is 0.241 e. The molecule has 3 aromatic rings. The van der Waals surface area contributed by atoms with Crippen LogP contribution in [-0.4, -0.2) is 32.6 Å². The highest BCUT2D eigenvalue weighted by molar-refractivity contribution is 7.89. The van der Waals surface area contributed by atoms with Crippen LogP contribution in [0.5, 0.6) is 5.75 Å². The van der Waals surface area contributed by atoms with Crippen LogP contribution < -0.4 is 14.8 Å². The lowest BCUT2D eigenvalue weighted by atomic mass is 9.86. The lowest BCUT2D eigenvalue weighted by Crippen LogP contribution is -2.39. The van der Waals surface area contributed by atoms with Gasteiger partial charge in [-0.05, 0) is 77.9 Å². The third kappa shape index (κ3) is 5.90. The smallest absolute Gasteiger partial charge is 0.241 e. The number of nitrogens with one attached hydrogen (secondary N) is 2. The SMILES string of the molecule is CCc1ccc(S(=O)(=O)N[C@@H]2c3cc(NC(=O)Cc4cccc(OC)c4)ccc3CC[C@H]2O)cc1. The summed E-state index contributed by atoms with van der Waals surface area (Å²) in [7, 11) is -2.28. The minimum Gasteiger partial charge on any atom is -0.497 e. The summed E-state index contributed by atoms with van der Waals surface area (Å²) >= 11 is 0. The molecule has 0 radical (unpaired) electrons. The maximum atomic E-state index is 13.1. The number of anilines is 1. The van der Waals surface area contributed by atoms with Gasteiger partial charge in [0.2, 0.25) is 15.9 Å². The van der Waals surface area contributed by atoms with E-state index < -0.39 is 22.2 Å². The van der Waals surface area contributed by atoms with Gasteiger partial charge in [0.05, 0.1) is 30.6 Å². The van der Waals surface area contributed by atoms with Crippen molar-refractivity contribution in [2.24, 2.45) is 0 Å². The van der Waals surface area contributed by atoms with Crippen LogP contribution in [0.15, 0.2) is 71.6 Å². The van der Waals surface area contributed by atoms with Gasteiger partial charge in [0, 0.05) is 5.69 Å². The molecule has 0 aromatic heterocycles. The van der Waals surface area contributed by atoms with Crippen molar-refractivity contribution in [3.05, 3.63) is 89.0 Å². The third-order valence-electron chi connectivity index (χ3n) is 6.28. The molecule has 0 unspecified atom stereocenters. The third-order valence-corrected chi connectivity index (χ3v) is 7.74. The predicted molar refractivity (Wildman–Crippen MR) is 135 cm³/mol. The molecule has 1 aliphatic rings. The van der Waals surface area contributed by atoms with Crippen LogP contribution in [0, 0.1) is 0 Å². The molecule has 3 N–H and O–H groups in total. The summed E-state index contributed by atoms with van der Waals surface area (Å²) in [6.45, 7) is 2.00. The number of aryl methyl sites for hydroxylation is 2. The molecule has 0 heterocycles. The van der Waals surface area contributed by atoms with Crippen LogP contribution in [0.25, 0.3) is 0 Å². The van der Waals surface area contributed by atoms with E-state index in [1.807, 2.05) is 31.2 Å². The van der Waals surface area contributed by atoms with E-state index in [4.69, 9.17) is 4.74 Å². The molecule has 0 spiro atoms. The molecule has 1 amide bonds. The molecular weight excluding hydrogens is 464 g/mol. The van der Waals surface area contributed by atoms with E-state index in [9.17, 15) is 18.3 Å². The molecule has 1 aliphatic carbocycles. The summed E-state index contributed by atoms with van der Waals surface area (Å²) in [6, 6.07) is 18.6. The van der Waals surface area contributed by atoms with Gasteiger partial charge in [-0.25, -0.2) is 13.1 Å². The summed E-state index contributed by atoms with van der Waals surface area (Å²) < 4.78 is 34.0. The Labute approximate surface area is 206 Å². The van der Waals surface area contributed by atoms with Crippen LogP contribution in [0.3, 0.4) is 0 Å². The first kappa shape index (κ1) is 24.9. The van der Waals surface area contributed by atoms with Gasteiger partial charge in [-0.15, -0.1) is 0 Å². The highest BCUT2D eigenvalue weighted by Crippen LogP contribution is 2.33. The molecule has 0 saturated carbocycles. The quantitative estimate of drug-likeness (QED) is 0.442. The number of rotatable bonds is 8. The van der Waals surface area contributed by atoms with Crippen molar-refractivity contribution in [1.82, 2.24) is 4.72 Å². The standard InChI is InChI=1S/C27H30N2O5S/c1-3-18-7-12-23(13-8-18)35(32,33)29-27-24-17-21(11-9-20(24)10-14-25(27)30)28-26(31)16-19-5-4-6-22(15-19)34-2/h4-9,11-13,15,17,25,27,29-30H,3,10,14,16H2,1-2H3,(H,28,31)/t25-,27-/m1/s1. The number of ether oxygens (including phenoxy) is 1. The summed E-state index contributed by atoms with van der Waals surface area (Å²) in [4.78, 5) is 12.8. The molecule has 0 saturated heterocycles. The van der Waals surface area contributed by atoms with Crippen molar-refractivity contribution in [2.75, 3.05) is 12.4 Å². The topological polar surface area (TPSA) is 105 Å². The van der Waals surface area contributed by atoms with Gasteiger partial charge < -0.3 is 15.2 Å². The second kappa shape index (κ2) is 10.6. The van der Waals surface area contributed by atoms with Crippen molar-refractivity contribution in [2.45, 2.75) is 49.6 Å². The van der Waals surface area contributed by atoms with Gasteiger partial charge in [-0.1, -0.05) is 37.3 Å². The van der Waals surface area contributed by atoms with Crippen LogP contribution in [0.1, 0.15) is 41.6 Å². The van der Waals surface area contributed by atoms with Crippen LogP contribution in [0.4, 0.5) is 5.69 Å². The van der Waals surface area contributed by atoms with Gasteiger partial charge in [-0.2, -0.15) is 0 Å². The van der Waals surface area contributed by atoms with Gasteiger partial charge in [0.25, 0.3) is 0 Å². The van der Waals surface area contributed by atoms with Crippen molar-refractivity contribution in [3.63, 3.8) is 0 Å². The Hall–Kier alpha value is -3.20. The minimum atomic E-state index is -3.85. The number of amides is 1. The molecule has 35 heavy (non-hydrogen) atoms. The molecule has 184 valence electrons. The summed E-state index contributed by atoms with van der Waals surface area (Å²) in [5, 5.41) is 13.6. The van der Waals surface area contributed by atoms with Crippen molar-refractivity contribution in [1.29, 1.82) is 0 Å². The summed E-state index contributed by atoms with van der Waals surface area (Å²) in [5.41, 5.74) is 4.00. The highest BCUT2D eigenvalue weighted by atomic mass is 32.2. The Morgan fingerprint density at radius 2 is 1.83 bits per heavy atom. The van der Waals surface area contributed by atoms with Gasteiger partial charge >= 0.3 is 0 Å². The first-order valence-electron chi connectivity index (χ1n) is 11.6. The normalized spacial score (nSPS) is 17.5. The van der Waals surface area contributed by atoms with Gasteiger partial charge in [0.15, 0.2) is 0 Å². The molecule has 2 atom stereocenters. The van der Waals surface area contributed by atoms with E-state index in [1.54, 1.807) is 49.6 Å². The van der Waals surface area contributed by atoms with Crippen molar-refractivity contribution >= 4 is 21.6 Å². The average Bonchev–Trinajstić information content (AvgIpc) is 2.86. The molecular formula is C27H30N2O5S. The Kier molecular flexibility index (Phi) is 7.54. The molecule has 0 aliphatic heterocycles. The summed E-state index contributed by atoms with van der Waals surface area (Å²) in [5.74, 6) is 0.472. The Bertz CT molecular complexity index is 1310. The predicted octanol–water partition coefficient (Wildman–Crippen LogP) is 3.77. The molecule has 7 nitrogen and oxygen atoms in total. The number of carbonyl (C=O) groups excluding carboxylic acids is 1. The van der Waals surface area contributed by atoms with E-state index >= 15 is 0 Å². The number of sulfonamides is 1. The zero-order valence-corrected chi connectivity index (χ0v) is 20.6. The maximum absolute atomic E-state index is 13.1. The van der Waals surface area contributed by atoms with E-state index in [0.29, 0.717) is 29.8 Å². The van der Waals surface area contributed by atoms with Crippen molar-refractivity contribution in [3.8, 4) is 5.75 Å². The van der Waals surface area contributed by atoms with E-state index in [2.05, 4.69) is 10.0 Å². The fraction of sp³-hybridized carbons (Fsp3) is 0.296. The number of carbonyl (C=O) groups is 1. The number of benzene rings is 3. The zero-order chi connectivity index (χ0) is 25.0. The summed E-state index contributed by atoms with van der Waals surface area (Å²) in [6.07, 6.45) is 1.17.